The predicted molar refractivity (Wildman–Crippen MR) is 44.6 cm³/mol. The zero-order valence-electron chi connectivity index (χ0n) is 7.72. The molecule has 0 heterocycles. The van der Waals surface area contributed by atoms with E-state index in [4.69, 9.17) is 5.11 Å². The van der Waals surface area contributed by atoms with Crippen molar-refractivity contribution < 1.29 is 9.90 Å². The maximum Gasteiger partial charge on any atom is 0.317 e. The lowest BCUT2D eigenvalue weighted by atomic mass is 10.0. The van der Waals surface area contributed by atoms with Crippen LogP contribution in [0.3, 0.4) is 0 Å². The zero-order chi connectivity index (χ0) is 9.07. The van der Waals surface area contributed by atoms with Crippen LogP contribution < -0.4 is 0 Å². The predicted octanol–water partition coefficient (Wildman–Crippen LogP) is 1.19. The molecule has 0 bridgehead atoms. The van der Waals surface area contributed by atoms with E-state index < -0.39 is 5.97 Å². The van der Waals surface area contributed by atoms with Crippen molar-refractivity contribution >= 4 is 5.97 Å². The lowest BCUT2D eigenvalue weighted by Gasteiger charge is -2.33. The first-order valence-electron chi connectivity index (χ1n) is 3.83. The van der Waals surface area contributed by atoms with E-state index in [-0.39, 0.29) is 12.1 Å². The molecule has 3 nitrogen and oxygen atoms in total. The summed E-state index contributed by atoms with van der Waals surface area (Å²) in [5.41, 5.74) is -0.0155. The summed E-state index contributed by atoms with van der Waals surface area (Å²) in [5.74, 6) is -0.769. The first-order chi connectivity index (χ1) is 4.90. The Morgan fingerprint density at radius 1 is 1.55 bits per heavy atom. The molecular weight excluding hydrogens is 142 g/mol. The quantitative estimate of drug-likeness (QED) is 0.670. The second kappa shape index (κ2) is 3.72. The highest BCUT2D eigenvalue weighted by molar-refractivity contribution is 5.69. The van der Waals surface area contributed by atoms with Gasteiger partial charge in [-0.05, 0) is 27.3 Å². The number of likely N-dealkylation sites (N-methyl/N-ethyl adjacent to an activating group) is 1. The van der Waals surface area contributed by atoms with E-state index in [1.807, 2.05) is 25.8 Å². The number of hydrogen-bond acceptors (Lipinski definition) is 2. The Morgan fingerprint density at radius 3 is 2.27 bits per heavy atom. The highest BCUT2D eigenvalue weighted by atomic mass is 16.4. The van der Waals surface area contributed by atoms with Crippen LogP contribution in [0.25, 0.3) is 0 Å². The molecule has 66 valence electrons. The zero-order valence-corrected chi connectivity index (χ0v) is 7.72. The molecule has 1 N–H and O–H groups in total. The van der Waals surface area contributed by atoms with E-state index in [0.29, 0.717) is 0 Å². The molecule has 0 aliphatic rings. The Hall–Kier alpha value is -0.570. The SMILES string of the molecule is CCC(C)(C)N(C)CC(=O)O. The summed E-state index contributed by atoms with van der Waals surface area (Å²) in [6.45, 7) is 6.24. The number of carbonyl (C=O) groups is 1. The van der Waals surface area contributed by atoms with Gasteiger partial charge < -0.3 is 5.11 Å². The summed E-state index contributed by atoms with van der Waals surface area (Å²) in [6, 6.07) is 0. The van der Waals surface area contributed by atoms with Crippen LogP contribution in [0, 0.1) is 0 Å². The molecule has 11 heavy (non-hydrogen) atoms. The molecule has 0 unspecified atom stereocenters. The van der Waals surface area contributed by atoms with Crippen molar-refractivity contribution in [1.29, 1.82) is 0 Å². The van der Waals surface area contributed by atoms with E-state index in [1.54, 1.807) is 0 Å². The van der Waals surface area contributed by atoms with Gasteiger partial charge in [0.2, 0.25) is 0 Å². The fourth-order valence-corrected chi connectivity index (χ4v) is 0.687. The number of rotatable bonds is 4. The lowest BCUT2D eigenvalue weighted by Crippen LogP contribution is -2.43. The standard InChI is InChI=1S/C8H17NO2/c1-5-8(2,3)9(4)6-7(10)11/h5-6H2,1-4H3,(H,10,11). The highest BCUT2D eigenvalue weighted by Crippen LogP contribution is 2.15. The Kier molecular flexibility index (Phi) is 3.52. The second-order valence-electron chi connectivity index (χ2n) is 3.42. The molecule has 0 aromatic heterocycles. The minimum absolute atomic E-state index is 0.0155. The van der Waals surface area contributed by atoms with Gasteiger partial charge in [0, 0.05) is 5.54 Å². The van der Waals surface area contributed by atoms with Gasteiger partial charge in [0.1, 0.15) is 0 Å². The highest BCUT2D eigenvalue weighted by Gasteiger charge is 2.22. The van der Waals surface area contributed by atoms with Crippen molar-refractivity contribution in [3.63, 3.8) is 0 Å². The van der Waals surface area contributed by atoms with Gasteiger partial charge in [0.05, 0.1) is 6.54 Å². The van der Waals surface area contributed by atoms with Gasteiger partial charge in [-0.25, -0.2) is 0 Å². The molecule has 0 spiro atoms. The Bertz CT molecular complexity index is 143. The monoisotopic (exact) mass is 159 g/mol. The summed E-state index contributed by atoms with van der Waals surface area (Å²) >= 11 is 0. The number of aliphatic carboxylic acids is 1. The molecular formula is C8H17NO2. The lowest BCUT2D eigenvalue weighted by molar-refractivity contribution is -0.139. The maximum absolute atomic E-state index is 10.3. The average molecular weight is 159 g/mol. The number of carboxylic acid groups (broad SMARTS) is 1. The van der Waals surface area contributed by atoms with Crippen molar-refractivity contribution in [3.05, 3.63) is 0 Å². The Morgan fingerprint density at radius 2 is 2.00 bits per heavy atom. The van der Waals surface area contributed by atoms with E-state index >= 15 is 0 Å². The van der Waals surface area contributed by atoms with Gasteiger partial charge in [0.25, 0.3) is 0 Å². The maximum atomic E-state index is 10.3. The summed E-state index contributed by atoms with van der Waals surface area (Å²) < 4.78 is 0. The molecule has 0 aliphatic heterocycles. The molecule has 0 amide bonds. The Balaban J connectivity index is 4.01. The van der Waals surface area contributed by atoms with Crippen LogP contribution in [0.15, 0.2) is 0 Å². The first kappa shape index (κ1) is 10.4. The molecule has 0 aliphatic carbocycles. The van der Waals surface area contributed by atoms with E-state index in [2.05, 4.69) is 6.92 Å². The number of nitrogens with zero attached hydrogens (tertiary/aromatic N) is 1. The van der Waals surface area contributed by atoms with Crippen LogP contribution in [0.4, 0.5) is 0 Å². The molecule has 0 saturated carbocycles. The van der Waals surface area contributed by atoms with Gasteiger partial charge in [-0.1, -0.05) is 6.92 Å². The van der Waals surface area contributed by atoms with Gasteiger partial charge in [-0.2, -0.15) is 0 Å². The van der Waals surface area contributed by atoms with Crippen LogP contribution in [-0.4, -0.2) is 35.1 Å². The van der Waals surface area contributed by atoms with E-state index in [0.717, 1.165) is 6.42 Å². The molecule has 0 aromatic rings. The number of hydrogen-bond donors (Lipinski definition) is 1. The third-order valence-electron chi connectivity index (χ3n) is 2.27. The van der Waals surface area contributed by atoms with E-state index in [1.165, 1.54) is 0 Å². The summed E-state index contributed by atoms with van der Waals surface area (Å²) in [5, 5.41) is 8.50. The van der Waals surface area contributed by atoms with Crippen LogP contribution in [0.1, 0.15) is 27.2 Å². The minimum Gasteiger partial charge on any atom is -0.480 e. The van der Waals surface area contributed by atoms with Crippen molar-refractivity contribution in [2.24, 2.45) is 0 Å². The fourth-order valence-electron chi connectivity index (χ4n) is 0.687. The van der Waals surface area contributed by atoms with Crippen molar-refractivity contribution in [2.75, 3.05) is 13.6 Å². The van der Waals surface area contributed by atoms with Gasteiger partial charge >= 0.3 is 5.97 Å². The molecule has 0 saturated heterocycles. The van der Waals surface area contributed by atoms with Crippen molar-refractivity contribution in [1.82, 2.24) is 4.90 Å². The third kappa shape index (κ3) is 3.37. The Labute approximate surface area is 68.0 Å². The van der Waals surface area contributed by atoms with Gasteiger partial charge in [-0.3, -0.25) is 9.69 Å². The first-order valence-corrected chi connectivity index (χ1v) is 3.83. The summed E-state index contributed by atoms with van der Waals surface area (Å²) in [6.07, 6.45) is 0.955. The van der Waals surface area contributed by atoms with Crippen LogP contribution in [-0.2, 0) is 4.79 Å². The van der Waals surface area contributed by atoms with E-state index in [9.17, 15) is 4.79 Å². The average Bonchev–Trinajstić information content (AvgIpc) is 1.86. The minimum atomic E-state index is -0.769. The van der Waals surface area contributed by atoms with Crippen molar-refractivity contribution in [2.45, 2.75) is 32.7 Å². The largest absolute Gasteiger partial charge is 0.480 e. The topological polar surface area (TPSA) is 40.5 Å². The molecule has 3 heteroatoms. The smallest absolute Gasteiger partial charge is 0.317 e. The fraction of sp³-hybridized carbons (Fsp3) is 0.875. The third-order valence-corrected chi connectivity index (χ3v) is 2.27. The van der Waals surface area contributed by atoms with Crippen LogP contribution in [0.2, 0.25) is 0 Å². The molecule has 0 atom stereocenters. The molecule has 0 aromatic carbocycles. The summed E-state index contributed by atoms with van der Waals surface area (Å²) in [4.78, 5) is 12.2. The van der Waals surface area contributed by atoms with Gasteiger partial charge in [-0.15, -0.1) is 0 Å². The molecule has 0 fully saturated rings. The molecule has 0 radical (unpaired) electrons. The number of carboxylic acids is 1. The van der Waals surface area contributed by atoms with Crippen LogP contribution >= 0.6 is 0 Å². The van der Waals surface area contributed by atoms with Crippen LogP contribution in [0.5, 0.6) is 0 Å². The normalized spacial score (nSPS) is 12.1. The van der Waals surface area contributed by atoms with Gasteiger partial charge in [0.15, 0.2) is 0 Å². The summed E-state index contributed by atoms with van der Waals surface area (Å²) in [7, 11) is 1.83. The van der Waals surface area contributed by atoms with Crippen molar-refractivity contribution in [3.8, 4) is 0 Å². The molecule has 0 rings (SSSR count). The second-order valence-corrected chi connectivity index (χ2v) is 3.42.